The molecule has 0 atom stereocenters. The maximum absolute atomic E-state index is 13.0. The molecule has 0 aliphatic rings. The minimum Gasteiger partial charge on any atom is -0.263 e. The van der Waals surface area contributed by atoms with Gasteiger partial charge in [0.1, 0.15) is 0 Å². The third kappa shape index (κ3) is 4.02. The molecule has 2 aromatic carbocycles. The Hall–Kier alpha value is -1.72. The van der Waals surface area contributed by atoms with Gasteiger partial charge in [0.05, 0.1) is 17.1 Å². The summed E-state index contributed by atoms with van der Waals surface area (Å²) >= 11 is 1.58. The van der Waals surface area contributed by atoms with Gasteiger partial charge in [0.2, 0.25) is 0 Å². The van der Waals surface area contributed by atoms with E-state index in [1.165, 1.54) is 9.87 Å². The molecular formula is C19H23NO2S2. The van der Waals surface area contributed by atoms with Crippen molar-refractivity contribution in [3.05, 3.63) is 66.7 Å². The van der Waals surface area contributed by atoms with Gasteiger partial charge in [-0.2, -0.15) is 0 Å². The Labute approximate surface area is 149 Å². The zero-order valence-electron chi connectivity index (χ0n) is 14.3. The van der Waals surface area contributed by atoms with E-state index < -0.39 is 10.0 Å². The number of sulfonamides is 1. The Morgan fingerprint density at radius 3 is 2.12 bits per heavy atom. The SMILES string of the molecule is C=CCN(c1ccc(C(C)C)cc1)S(=O)(=O)c1ccc(SC)cc1. The van der Waals surface area contributed by atoms with Crippen molar-refractivity contribution in [1.82, 2.24) is 0 Å². The molecule has 128 valence electrons. The van der Waals surface area contributed by atoms with Crippen molar-refractivity contribution in [1.29, 1.82) is 0 Å². The molecule has 0 N–H and O–H groups in total. The molecule has 0 aliphatic heterocycles. The van der Waals surface area contributed by atoms with Crippen LogP contribution in [-0.2, 0) is 10.0 Å². The van der Waals surface area contributed by atoms with E-state index >= 15 is 0 Å². The summed E-state index contributed by atoms with van der Waals surface area (Å²) in [6.07, 6.45) is 3.56. The number of anilines is 1. The van der Waals surface area contributed by atoms with Gasteiger partial charge in [-0.15, -0.1) is 18.3 Å². The van der Waals surface area contributed by atoms with Crippen molar-refractivity contribution in [2.75, 3.05) is 17.1 Å². The number of thioether (sulfide) groups is 1. The van der Waals surface area contributed by atoms with Gasteiger partial charge in [0.15, 0.2) is 0 Å². The van der Waals surface area contributed by atoms with Crippen LogP contribution >= 0.6 is 11.8 Å². The molecule has 0 saturated carbocycles. The van der Waals surface area contributed by atoms with Crippen molar-refractivity contribution in [2.45, 2.75) is 29.6 Å². The van der Waals surface area contributed by atoms with Crippen molar-refractivity contribution in [2.24, 2.45) is 0 Å². The summed E-state index contributed by atoms with van der Waals surface area (Å²) in [5.74, 6) is 0.405. The van der Waals surface area contributed by atoms with Crippen molar-refractivity contribution < 1.29 is 8.42 Å². The second kappa shape index (κ2) is 7.90. The molecule has 0 bridgehead atoms. The minimum atomic E-state index is -3.62. The van der Waals surface area contributed by atoms with Gasteiger partial charge < -0.3 is 0 Å². The van der Waals surface area contributed by atoms with Crippen LogP contribution in [0.1, 0.15) is 25.3 Å². The van der Waals surface area contributed by atoms with E-state index in [2.05, 4.69) is 20.4 Å². The van der Waals surface area contributed by atoms with Crippen molar-refractivity contribution in [3.63, 3.8) is 0 Å². The van der Waals surface area contributed by atoms with E-state index in [-0.39, 0.29) is 11.4 Å². The predicted octanol–water partition coefficient (Wildman–Crippen LogP) is 4.91. The molecule has 5 heteroatoms. The highest BCUT2D eigenvalue weighted by Crippen LogP contribution is 2.27. The number of hydrogen-bond donors (Lipinski definition) is 0. The van der Waals surface area contributed by atoms with Gasteiger partial charge >= 0.3 is 0 Å². The van der Waals surface area contributed by atoms with E-state index in [0.29, 0.717) is 11.6 Å². The highest BCUT2D eigenvalue weighted by atomic mass is 32.2. The average Bonchev–Trinajstić information content (AvgIpc) is 2.59. The lowest BCUT2D eigenvalue weighted by Crippen LogP contribution is -2.31. The molecular weight excluding hydrogens is 338 g/mol. The Kier molecular flexibility index (Phi) is 6.13. The van der Waals surface area contributed by atoms with Gasteiger partial charge in [-0.3, -0.25) is 4.31 Å². The van der Waals surface area contributed by atoms with Crippen LogP contribution in [0.2, 0.25) is 0 Å². The lowest BCUT2D eigenvalue weighted by Gasteiger charge is -2.23. The molecule has 0 heterocycles. The van der Waals surface area contributed by atoms with Crippen LogP contribution in [0.25, 0.3) is 0 Å². The normalized spacial score (nSPS) is 11.5. The molecule has 0 radical (unpaired) electrons. The molecule has 0 saturated heterocycles. The first-order valence-electron chi connectivity index (χ1n) is 7.77. The van der Waals surface area contributed by atoms with Crippen molar-refractivity contribution in [3.8, 4) is 0 Å². The second-order valence-corrected chi connectivity index (χ2v) is 8.49. The first-order chi connectivity index (χ1) is 11.4. The topological polar surface area (TPSA) is 37.4 Å². The van der Waals surface area contributed by atoms with Crippen LogP contribution < -0.4 is 4.31 Å². The highest BCUT2D eigenvalue weighted by molar-refractivity contribution is 7.98. The van der Waals surface area contributed by atoms with Crippen LogP contribution in [-0.4, -0.2) is 21.2 Å². The van der Waals surface area contributed by atoms with E-state index in [1.807, 2.05) is 42.7 Å². The summed E-state index contributed by atoms with van der Waals surface area (Å²) in [6, 6.07) is 14.6. The van der Waals surface area contributed by atoms with E-state index in [1.54, 1.807) is 30.0 Å². The standard InChI is InChI=1S/C19H23NO2S2/c1-5-14-20(17-8-6-16(7-9-17)15(2)3)24(21,22)19-12-10-18(23-4)11-13-19/h5-13,15H,1,14H2,2-4H3. The number of rotatable bonds is 7. The molecule has 0 aromatic heterocycles. The number of hydrogen-bond acceptors (Lipinski definition) is 3. The fourth-order valence-corrected chi connectivity index (χ4v) is 4.20. The van der Waals surface area contributed by atoms with Gasteiger partial charge in [-0.05, 0) is 54.1 Å². The summed E-state index contributed by atoms with van der Waals surface area (Å²) in [6.45, 7) is 8.15. The molecule has 2 aromatic rings. The fourth-order valence-electron chi connectivity index (χ4n) is 2.36. The van der Waals surface area contributed by atoms with Crippen LogP contribution in [0.3, 0.4) is 0 Å². The molecule has 0 amide bonds. The number of nitrogens with zero attached hydrogens (tertiary/aromatic N) is 1. The van der Waals surface area contributed by atoms with E-state index in [9.17, 15) is 8.42 Å². The van der Waals surface area contributed by atoms with Crippen LogP contribution in [0.4, 0.5) is 5.69 Å². The van der Waals surface area contributed by atoms with Crippen LogP contribution in [0.5, 0.6) is 0 Å². The first kappa shape index (κ1) is 18.6. The summed E-state index contributed by atoms with van der Waals surface area (Å²) < 4.78 is 27.4. The lowest BCUT2D eigenvalue weighted by molar-refractivity contribution is 0.593. The molecule has 0 aliphatic carbocycles. The Balaban J connectivity index is 2.42. The molecule has 0 spiro atoms. The minimum absolute atomic E-state index is 0.230. The van der Waals surface area contributed by atoms with E-state index in [4.69, 9.17) is 0 Å². The average molecular weight is 362 g/mol. The highest BCUT2D eigenvalue weighted by Gasteiger charge is 2.24. The first-order valence-corrected chi connectivity index (χ1v) is 10.4. The van der Waals surface area contributed by atoms with Crippen molar-refractivity contribution >= 4 is 27.5 Å². The predicted molar refractivity (Wildman–Crippen MR) is 103 cm³/mol. The Bertz CT molecular complexity index is 779. The molecule has 2 rings (SSSR count). The molecule has 24 heavy (non-hydrogen) atoms. The Morgan fingerprint density at radius 2 is 1.67 bits per heavy atom. The summed E-state index contributed by atoms with van der Waals surface area (Å²) in [5.41, 5.74) is 1.83. The van der Waals surface area contributed by atoms with Crippen LogP contribution in [0.15, 0.2) is 71.0 Å². The monoisotopic (exact) mass is 361 g/mol. The smallest absolute Gasteiger partial charge is 0.263 e. The largest absolute Gasteiger partial charge is 0.264 e. The van der Waals surface area contributed by atoms with Crippen LogP contribution in [0, 0.1) is 0 Å². The lowest BCUT2D eigenvalue weighted by atomic mass is 10.0. The fraction of sp³-hybridized carbons (Fsp3) is 0.263. The molecule has 0 fully saturated rings. The summed E-state index contributed by atoms with van der Waals surface area (Å²) in [7, 11) is -3.62. The van der Waals surface area contributed by atoms with Gasteiger partial charge in [-0.25, -0.2) is 8.42 Å². The Morgan fingerprint density at radius 1 is 1.08 bits per heavy atom. The van der Waals surface area contributed by atoms with E-state index in [0.717, 1.165) is 4.90 Å². The van der Waals surface area contributed by atoms with Gasteiger partial charge in [0, 0.05) is 4.90 Å². The maximum atomic E-state index is 13.0. The molecule has 0 unspecified atom stereocenters. The van der Waals surface area contributed by atoms with Gasteiger partial charge in [0.25, 0.3) is 10.0 Å². The number of benzene rings is 2. The zero-order chi connectivity index (χ0) is 17.7. The molecule has 3 nitrogen and oxygen atoms in total. The third-order valence-electron chi connectivity index (χ3n) is 3.79. The van der Waals surface area contributed by atoms with Gasteiger partial charge in [-0.1, -0.05) is 32.1 Å². The second-order valence-electron chi connectivity index (χ2n) is 5.75. The third-order valence-corrected chi connectivity index (χ3v) is 6.34. The maximum Gasteiger partial charge on any atom is 0.264 e. The zero-order valence-corrected chi connectivity index (χ0v) is 15.9. The summed E-state index contributed by atoms with van der Waals surface area (Å²) in [4.78, 5) is 1.32. The summed E-state index contributed by atoms with van der Waals surface area (Å²) in [5, 5.41) is 0. The quantitative estimate of drug-likeness (QED) is 0.519.